The highest BCUT2D eigenvalue weighted by atomic mass is 35.5. The molecule has 0 saturated heterocycles. The molecule has 4 N–H and O–H groups in total. The van der Waals surface area contributed by atoms with E-state index in [2.05, 4.69) is 35.1 Å². The standard InChI is InChI=1S/C32H41ClFN5O3/c1-6-7-9-21-16-25(28(34)26(33)17-21)27-18-23-19-39(30(40)38-29(23)37-27)24-12-10-22(11-13-24)20(2)35-14-8-15-36-31(41)42-32(3,4)5/h10-13,16-20,29,35,37H,6-9,14-15H2,1-5H3,(H,36,41)(H,38,40). The first kappa shape index (κ1) is 31.4. The first-order valence-electron chi connectivity index (χ1n) is 14.5. The Kier molecular flexibility index (Phi) is 10.2. The Balaban J connectivity index is 1.37. The Labute approximate surface area is 252 Å². The highest BCUT2D eigenvalue weighted by molar-refractivity contribution is 6.31. The third kappa shape index (κ3) is 8.04. The smallest absolute Gasteiger partial charge is 0.407 e. The minimum Gasteiger partial charge on any atom is -0.444 e. The summed E-state index contributed by atoms with van der Waals surface area (Å²) >= 11 is 6.22. The van der Waals surface area contributed by atoms with Crippen LogP contribution in [0.4, 0.5) is 19.7 Å². The fourth-order valence-electron chi connectivity index (χ4n) is 4.83. The zero-order valence-corrected chi connectivity index (χ0v) is 25.7. The number of ether oxygens (including phenoxy) is 1. The SMILES string of the molecule is CCCCc1cc(Cl)c(F)c(C2=CC3=CN(c4ccc(C(C)NCCCNC(=O)OC(C)(C)C)cc4)C(=O)NC3N2)c1. The van der Waals surface area contributed by atoms with E-state index in [-0.39, 0.29) is 17.1 Å². The zero-order chi connectivity index (χ0) is 30.4. The number of amides is 3. The topological polar surface area (TPSA) is 94.7 Å². The number of urea groups is 1. The number of unbranched alkanes of at least 4 members (excludes halogenated alkanes) is 1. The lowest BCUT2D eigenvalue weighted by Crippen LogP contribution is -2.51. The van der Waals surface area contributed by atoms with E-state index in [1.54, 1.807) is 17.2 Å². The molecule has 2 aliphatic rings. The molecule has 0 saturated carbocycles. The Morgan fingerprint density at radius 3 is 2.57 bits per heavy atom. The van der Waals surface area contributed by atoms with Gasteiger partial charge in [-0.25, -0.2) is 14.0 Å². The van der Waals surface area contributed by atoms with Crippen LogP contribution in [0.25, 0.3) is 5.70 Å². The second kappa shape index (κ2) is 13.6. The highest BCUT2D eigenvalue weighted by Gasteiger charge is 2.32. The summed E-state index contributed by atoms with van der Waals surface area (Å²) in [4.78, 5) is 26.3. The van der Waals surface area contributed by atoms with Gasteiger partial charge >= 0.3 is 12.1 Å². The molecule has 2 aliphatic heterocycles. The minimum absolute atomic E-state index is 0.0813. The number of benzene rings is 2. The maximum Gasteiger partial charge on any atom is 0.407 e. The number of nitrogens with zero attached hydrogens (tertiary/aromatic N) is 1. The number of anilines is 1. The van der Waals surface area contributed by atoms with E-state index in [0.717, 1.165) is 48.9 Å². The molecule has 226 valence electrons. The van der Waals surface area contributed by atoms with Crippen molar-refractivity contribution in [3.05, 3.63) is 81.8 Å². The van der Waals surface area contributed by atoms with E-state index in [9.17, 15) is 14.0 Å². The molecular formula is C32H41ClFN5O3. The van der Waals surface area contributed by atoms with Crippen LogP contribution in [0.15, 0.2) is 54.2 Å². The molecule has 2 atom stereocenters. The maximum absolute atomic E-state index is 15.0. The van der Waals surface area contributed by atoms with Crippen molar-refractivity contribution in [3.8, 4) is 0 Å². The van der Waals surface area contributed by atoms with Crippen LogP contribution in [0.3, 0.4) is 0 Å². The highest BCUT2D eigenvalue weighted by Crippen LogP contribution is 2.32. The first-order chi connectivity index (χ1) is 19.9. The van der Waals surface area contributed by atoms with E-state index >= 15 is 0 Å². The molecule has 0 fully saturated rings. The molecule has 0 bridgehead atoms. The predicted octanol–water partition coefficient (Wildman–Crippen LogP) is 6.77. The summed E-state index contributed by atoms with van der Waals surface area (Å²) in [5.74, 6) is -0.476. The van der Waals surface area contributed by atoms with Crippen molar-refractivity contribution < 1.29 is 18.7 Å². The van der Waals surface area contributed by atoms with Crippen molar-refractivity contribution in [2.24, 2.45) is 0 Å². The van der Waals surface area contributed by atoms with Gasteiger partial charge in [0.15, 0.2) is 5.82 Å². The van der Waals surface area contributed by atoms with Crippen LogP contribution < -0.4 is 26.2 Å². The molecule has 0 spiro atoms. The molecule has 0 radical (unpaired) electrons. The number of hydrogen-bond acceptors (Lipinski definition) is 5. The lowest BCUT2D eigenvalue weighted by atomic mass is 10.0. The van der Waals surface area contributed by atoms with Crippen LogP contribution in [-0.4, -0.2) is 37.0 Å². The molecule has 0 aliphatic carbocycles. The number of carbonyl (C=O) groups excluding carboxylic acids is 2. The van der Waals surface area contributed by atoms with Gasteiger partial charge in [-0.1, -0.05) is 37.1 Å². The number of alkyl carbamates (subject to hydrolysis) is 1. The summed E-state index contributed by atoms with van der Waals surface area (Å²) in [6.45, 7) is 10.9. The van der Waals surface area contributed by atoms with Crippen molar-refractivity contribution in [3.63, 3.8) is 0 Å². The normalized spacial score (nSPS) is 17.1. The molecular weight excluding hydrogens is 557 g/mol. The van der Waals surface area contributed by atoms with E-state index in [1.807, 2.05) is 57.2 Å². The van der Waals surface area contributed by atoms with E-state index < -0.39 is 23.7 Å². The molecule has 42 heavy (non-hydrogen) atoms. The Hall–Kier alpha value is -3.56. The molecule has 2 aromatic carbocycles. The third-order valence-corrected chi connectivity index (χ3v) is 7.32. The van der Waals surface area contributed by atoms with Gasteiger partial charge in [-0.3, -0.25) is 4.90 Å². The summed E-state index contributed by atoms with van der Waals surface area (Å²) in [6, 6.07) is 11.1. The Morgan fingerprint density at radius 1 is 1.14 bits per heavy atom. The molecule has 10 heteroatoms. The number of nitrogens with one attached hydrogen (secondary N) is 4. The number of carbonyl (C=O) groups is 2. The van der Waals surface area contributed by atoms with E-state index in [1.165, 1.54) is 0 Å². The number of halogens is 2. The predicted molar refractivity (Wildman–Crippen MR) is 166 cm³/mol. The Bertz CT molecular complexity index is 1350. The van der Waals surface area contributed by atoms with E-state index in [0.29, 0.717) is 23.5 Å². The molecule has 0 aromatic heterocycles. The zero-order valence-electron chi connectivity index (χ0n) is 24.9. The van der Waals surface area contributed by atoms with Gasteiger partial charge in [-0.15, -0.1) is 0 Å². The molecule has 3 amide bonds. The number of rotatable bonds is 11. The van der Waals surface area contributed by atoms with E-state index in [4.69, 9.17) is 16.3 Å². The van der Waals surface area contributed by atoms with Gasteiger partial charge in [0.25, 0.3) is 0 Å². The number of hydrogen-bond donors (Lipinski definition) is 4. The second-order valence-corrected chi connectivity index (χ2v) is 12.1. The molecule has 2 heterocycles. The lowest BCUT2D eigenvalue weighted by molar-refractivity contribution is 0.0527. The monoisotopic (exact) mass is 597 g/mol. The van der Waals surface area contributed by atoms with Crippen LogP contribution in [0.2, 0.25) is 5.02 Å². The molecule has 2 unspecified atom stereocenters. The quantitative estimate of drug-likeness (QED) is 0.214. The van der Waals surface area contributed by atoms with Crippen molar-refractivity contribution in [1.82, 2.24) is 21.3 Å². The molecule has 4 rings (SSSR count). The van der Waals surface area contributed by atoms with Crippen LogP contribution in [0.1, 0.15) is 76.6 Å². The van der Waals surface area contributed by atoms with Gasteiger partial charge in [0.05, 0.1) is 10.7 Å². The Morgan fingerprint density at radius 2 is 1.88 bits per heavy atom. The fraction of sp³-hybridized carbons (Fsp3) is 0.438. The van der Waals surface area contributed by atoms with Gasteiger partial charge < -0.3 is 26.0 Å². The summed E-state index contributed by atoms with van der Waals surface area (Å²) in [5, 5.41) is 12.5. The van der Waals surface area contributed by atoms with Gasteiger partial charge in [0.1, 0.15) is 11.8 Å². The summed E-state index contributed by atoms with van der Waals surface area (Å²) in [7, 11) is 0. The lowest BCUT2D eigenvalue weighted by Gasteiger charge is -2.29. The van der Waals surface area contributed by atoms with Crippen molar-refractivity contribution in [1.29, 1.82) is 0 Å². The summed E-state index contributed by atoms with van der Waals surface area (Å²) < 4.78 is 20.2. The molecule has 2 aromatic rings. The number of fused-ring (bicyclic) bond motifs is 1. The fourth-order valence-corrected chi connectivity index (χ4v) is 5.07. The van der Waals surface area contributed by atoms with Crippen LogP contribution >= 0.6 is 11.6 Å². The van der Waals surface area contributed by atoms with Gasteiger partial charge in [0.2, 0.25) is 0 Å². The first-order valence-corrected chi connectivity index (χ1v) is 14.9. The van der Waals surface area contributed by atoms with Gasteiger partial charge in [-0.2, -0.15) is 0 Å². The van der Waals surface area contributed by atoms with Crippen molar-refractivity contribution in [2.75, 3.05) is 18.0 Å². The van der Waals surface area contributed by atoms with Gasteiger partial charge in [-0.05, 0) is 95.0 Å². The van der Waals surface area contributed by atoms with Crippen molar-refractivity contribution >= 4 is 35.1 Å². The average molecular weight is 598 g/mol. The molecule has 8 nitrogen and oxygen atoms in total. The second-order valence-electron chi connectivity index (χ2n) is 11.7. The van der Waals surface area contributed by atoms with Crippen LogP contribution in [0.5, 0.6) is 0 Å². The summed E-state index contributed by atoms with van der Waals surface area (Å²) in [5.41, 5.74) is 4.06. The minimum atomic E-state index is -0.516. The third-order valence-electron chi connectivity index (χ3n) is 7.05. The van der Waals surface area contributed by atoms with Crippen LogP contribution in [0, 0.1) is 5.82 Å². The summed E-state index contributed by atoms with van der Waals surface area (Å²) in [6.07, 6.45) is 6.38. The maximum atomic E-state index is 15.0. The number of aryl methyl sites for hydroxylation is 1. The van der Waals surface area contributed by atoms with Crippen molar-refractivity contribution in [2.45, 2.75) is 78.1 Å². The average Bonchev–Trinajstić information content (AvgIpc) is 3.34. The largest absolute Gasteiger partial charge is 0.444 e. The van der Waals surface area contributed by atoms with Crippen LogP contribution in [-0.2, 0) is 11.2 Å². The van der Waals surface area contributed by atoms with Gasteiger partial charge in [0, 0.05) is 35.6 Å².